The molecule has 1 N–H and O–H groups in total. The minimum atomic E-state index is -2.75. The summed E-state index contributed by atoms with van der Waals surface area (Å²) in [5.74, 6) is -0.557. The first-order valence-corrected chi connectivity index (χ1v) is 7.73. The first-order chi connectivity index (χ1) is 12.1. The van der Waals surface area contributed by atoms with Crippen molar-refractivity contribution in [1.29, 1.82) is 0 Å². The number of halogens is 2. The highest BCUT2D eigenvalue weighted by Crippen LogP contribution is 2.21. The highest BCUT2D eigenvalue weighted by atomic mass is 19.3. The Kier molecular flexibility index (Phi) is 4.87. The van der Waals surface area contributed by atoms with E-state index in [-0.39, 0.29) is 11.3 Å². The molecule has 0 spiro atoms. The van der Waals surface area contributed by atoms with E-state index in [1.807, 2.05) is 36.5 Å². The van der Waals surface area contributed by atoms with Crippen molar-refractivity contribution in [1.82, 2.24) is 24.9 Å². The molecule has 6 nitrogen and oxygen atoms in total. The van der Waals surface area contributed by atoms with Crippen molar-refractivity contribution in [2.75, 3.05) is 6.54 Å². The number of hydrogen-bond acceptors (Lipinski definition) is 3. The molecule has 0 saturated carbocycles. The van der Waals surface area contributed by atoms with Gasteiger partial charge >= 0.3 is 0 Å². The minimum Gasteiger partial charge on any atom is -0.352 e. The van der Waals surface area contributed by atoms with Crippen LogP contribution in [-0.2, 0) is 13.5 Å². The Bertz CT molecular complexity index is 857. The maximum atomic E-state index is 13.0. The lowest BCUT2D eigenvalue weighted by Gasteiger charge is -2.06. The number of carbonyl (C=O) groups excluding carboxylic acids is 1. The monoisotopic (exact) mass is 345 g/mol. The van der Waals surface area contributed by atoms with E-state index < -0.39 is 12.3 Å². The van der Waals surface area contributed by atoms with Crippen LogP contribution in [-0.4, -0.2) is 32.0 Å². The minimum absolute atomic E-state index is 0.0996. The van der Waals surface area contributed by atoms with E-state index in [0.717, 1.165) is 22.1 Å². The Balaban J connectivity index is 1.59. The Hall–Kier alpha value is -3.03. The molecule has 1 amide bonds. The standard InChI is InChI=1S/C17H17F2N5O/c1-23-15(16(18)19)14(10-21-23)17(25)20-8-7-12-9-22-24(11-12)13-5-3-2-4-6-13/h2-6,9-11,16H,7-8H2,1H3,(H,20,25). The highest BCUT2D eigenvalue weighted by Gasteiger charge is 2.22. The van der Waals surface area contributed by atoms with Crippen molar-refractivity contribution in [3.05, 3.63) is 65.7 Å². The van der Waals surface area contributed by atoms with Crippen molar-refractivity contribution in [3.63, 3.8) is 0 Å². The second-order valence-electron chi connectivity index (χ2n) is 5.50. The van der Waals surface area contributed by atoms with E-state index in [9.17, 15) is 13.6 Å². The summed E-state index contributed by atoms with van der Waals surface area (Å²) in [5, 5.41) is 10.6. The van der Waals surface area contributed by atoms with Gasteiger partial charge in [-0.25, -0.2) is 13.5 Å². The second-order valence-corrected chi connectivity index (χ2v) is 5.50. The lowest BCUT2D eigenvalue weighted by atomic mass is 10.2. The Morgan fingerprint density at radius 1 is 1.20 bits per heavy atom. The Morgan fingerprint density at radius 2 is 1.96 bits per heavy atom. The molecule has 0 aliphatic rings. The SMILES string of the molecule is Cn1ncc(C(=O)NCCc2cnn(-c3ccccc3)c2)c1C(F)F. The number of nitrogens with one attached hydrogen (secondary N) is 1. The maximum absolute atomic E-state index is 13.0. The molecule has 1 aromatic carbocycles. The number of hydrogen-bond donors (Lipinski definition) is 1. The fourth-order valence-electron chi connectivity index (χ4n) is 2.51. The largest absolute Gasteiger partial charge is 0.352 e. The molecule has 2 heterocycles. The summed E-state index contributed by atoms with van der Waals surface area (Å²) in [7, 11) is 1.39. The fraction of sp³-hybridized carbons (Fsp3) is 0.235. The zero-order valence-corrected chi connectivity index (χ0v) is 13.6. The topological polar surface area (TPSA) is 64.7 Å². The van der Waals surface area contributed by atoms with Crippen LogP contribution in [0.3, 0.4) is 0 Å². The van der Waals surface area contributed by atoms with Gasteiger partial charge in [-0.2, -0.15) is 10.2 Å². The van der Waals surface area contributed by atoms with Gasteiger partial charge < -0.3 is 5.32 Å². The van der Waals surface area contributed by atoms with Gasteiger partial charge in [-0.05, 0) is 24.1 Å². The molecule has 3 aromatic rings. The molecule has 0 atom stereocenters. The van der Waals surface area contributed by atoms with E-state index in [1.165, 1.54) is 7.05 Å². The summed E-state index contributed by atoms with van der Waals surface area (Å²) < 4.78 is 28.7. The molecule has 0 aliphatic heterocycles. The third kappa shape index (κ3) is 3.73. The molecular formula is C17H17F2N5O. The molecule has 0 bridgehead atoms. The highest BCUT2D eigenvalue weighted by molar-refractivity contribution is 5.95. The van der Waals surface area contributed by atoms with Gasteiger partial charge in [-0.1, -0.05) is 18.2 Å². The van der Waals surface area contributed by atoms with Crippen LogP contribution in [0.2, 0.25) is 0 Å². The zero-order chi connectivity index (χ0) is 17.8. The number of amides is 1. The summed E-state index contributed by atoms with van der Waals surface area (Å²) >= 11 is 0. The predicted octanol–water partition coefficient (Wildman–Crippen LogP) is 2.52. The summed E-state index contributed by atoms with van der Waals surface area (Å²) in [4.78, 5) is 12.1. The lowest BCUT2D eigenvalue weighted by molar-refractivity contribution is 0.0937. The predicted molar refractivity (Wildman–Crippen MR) is 87.8 cm³/mol. The molecular weight excluding hydrogens is 328 g/mol. The van der Waals surface area contributed by atoms with Gasteiger partial charge in [-0.15, -0.1) is 0 Å². The van der Waals surface area contributed by atoms with Crippen LogP contribution < -0.4 is 5.32 Å². The van der Waals surface area contributed by atoms with Crippen molar-refractivity contribution < 1.29 is 13.6 Å². The lowest BCUT2D eigenvalue weighted by Crippen LogP contribution is -2.26. The van der Waals surface area contributed by atoms with Gasteiger partial charge in [0.25, 0.3) is 12.3 Å². The number of benzene rings is 1. The number of aryl methyl sites for hydroxylation is 1. The fourth-order valence-corrected chi connectivity index (χ4v) is 2.51. The van der Waals surface area contributed by atoms with Crippen LogP contribution in [0.5, 0.6) is 0 Å². The molecule has 0 radical (unpaired) electrons. The summed E-state index contributed by atoms with van der Waals surface area (Å²) in [6, 6.07) is 9.64. The molecule has 3 rings (SSSR count). The molecule has 0 unspecified atom stereocenters. The quantitative estimate of drug-likeness (QED) is 0.747. The van der Waals surface area contributed by atoms with Gasteiger partial charge in [0.1, 0.15) is 5.69 Å². The van der Waals surface area contributed by atoms with Crippen molar-refractivity contribution in [3.8, 4) is 5.69 Å². The molecule has 8 heteroatoms. The molecule has 0 aliphatic carbocycles. The van der Waals surface area contributed by atoms with Crippen molar-refractivity contribution >= 4 is 5.91 Å². The van der Waals surface area contributed by atoms with Crippen LogP contribution in [0.1, 0.15) is 28.0 Å². The normalized spacial score (nSPS) is 11.0. The van der Waals surface area contributed by atoms with Crippen molar-refractivity contribution in [2.24, 2.45) is 7.05 Å². The van der Waals surface area contributed by atoms with Gasteiger partial charge in [0.15, 0.2) is 0 Å². The third-order valence-corrected chi connectivity index (χ3v) is 3.79. The third-order valence-electron chi connectivity index (χ3n) is 3.79. The Morgan fingerprint density at radius 3 is 2.68 bits per heavy atom. The van der Waals surface area contributed by atoms with E-state index in [1.54, 1.807) is 10.9 Å². The van der Waals surface area contributed by atoms with Gasteiger partial charge in [0.2, 0.25) is 0 Å². The van der Waals surface area contributed by atoms with Gasteiger partial charge in [0, 0.05) is 19.8 Å². The molecule has 2 aromatic heterocycles. The molecule has 0 fully saturated rings. The number of rotatable bonds is 6. The van der Waals surface area contributed by atoms with E-state index in [2.05, 4.69) is 15.5 Å². The first-order valence-electron chi connectivity index (χ1n) is 7.73. The summed E-state index contributed by atoms with van der Waals surface area (Å²) in [6.45, 7) is 0.316. The average Bonchev–Trinajstić information content (AvgIpc) is 3.22. The second kappa shape index (κ2) is 7.25. The number of para-hydroxylation sites is 1. The van der Waals surface area contributed by atoms with E-state index in [4.69, 9.17) is 0 Å². The van der Waals surface area contributed by atoms with Crippen LogP contribution in [0.25, 0.3) is 5.69 Å². The first kappa shape index (κ1) is 16.8. The number of nitrogens with zero attached hydrogens (tertiary/aromatic N) is 4. The van der Waals surface area contributed by atoms with Gasteiger partial charge in [0.05, 0.1) is 23.6 Å². The van der Waals surface area contributed by atoms with Crippen LogP contribution >= 0.6 is 0 Å². The number of carbonyl (C=O) groups is 1. The van der Waals surface area contributed by atoms with E-state index in [0.29, 0.717) is 13.0 Å². The van der Waals surface area contributed by atoms with Crippen LogP contribution in [0, 0.1) is 0 Å². The molecule has 130 valence electrons. The smallest absolute Gasteiger partial charge is 0.280 e. The molecule has 0 saturated heterocycles. The maximum Gasteiger partial charge on any atom is 0.280 e. The van der Waals surface area contributed by atoms with Crippen LogP contribution in [0.15, 0.2) is 48.9 Å². The average molecular weight is 345 g/mol. The summed E-state index contributed by atoms with van der Waals surface area (Å²) in [5.41, 5.74) is 1.39. The number of alkyl halides is 2. The summed E-state index contributed by atoms with van der Waals surface area (Å²) in [6.07, 6.45) is 2.54. The van der Waals surface area contributed by atoms with E-state index >= 15 is 0 Å². The van der Waals surface area contributed by atoms with Gasteiger partial charge in [-0.3, -0.25) is 9.48 Å². The van der Waals surface area contributed by atoms with Crippen molar-refractivity contribution in [2.45, 2.75) is 12.8 Å². The zero-order valence-electron chi connectivity index (χ0n) is 13.6. The molecule has 25 heavy (non-hydrogen) atoms. The number of aromatic nitrogens is 4. The Labute approximate surface area is 143 Å². The van der Waals surface area contributed by atoms with Crippen LogP contribution in [0.4, 0.5) is 8.78 Å².